The van der Waals surface area contributed by atoms with Crippen molar-refractivity contribution in [3.63, 3.8) is 0 Å². The van der Waals surface area contributed by atoms with Crippen LogP contribution in [-0.2, 0) is 6.54 Å². The predicted molar refractivity (Wildman–Crippen MR) is 77.0 cm³/mol. The molecule has 3 nitrogen and oxygen atoms in total. The highest BCUT2D eigenvalue weighted by molar-refractivity contribution is 9.10. The number of benzene rings is 1. The van der Waals surface area contributed by atoms with Crippen LogP contribution < -0.4 is 5.32 Å². The molecule has 0 aliphatic heterocycles. The van der Waals surface area contributed by atoms with Crippen molar-refractivity contribution in [2.45, 2.75) is 19.5 Å². The van der Waals surface area contributed by atoms with Gasteiger partial charge in [-0.2, -0.15) is 0 Å². The van der Waals surface area contributed by atoms with Gasteiger partial charge in [-0.3, -0.25) is 0 Å². The average molecular weight is 328 g/mol. The molecule has 0 aliphatic carbocycles. The monoisotopic (exact) mass is 327 g/mol. The molecular formula is C13H14BrNO2S. The van der Waals surface area contributed by atoms with Crippen LogP contribution in [0.2, 0.25) is 0 Å². The SMILES string of the molecule is CC(NCc1cc(Br)cs1)c1ccc(O)cc1O. The first-order valence-corrected chi connectivity index (χ1v) is 7.21. The molecule has 0 saturated heterocycles. The summed E-state index contributed by atoms with van der Waals surface area (Å²) in [5, 5.41) is 24.4. The molecule has 0 amide bonds. The van der Waals surface area contributed by atoms with E-state index in [-0.39, 0.29) is 17.5 Å². The Bertz CT molecular complexity index is 542. The largest absolute Gasteiger partial charge is 0.508 e. The summed E-state index contributed by atoms with van der Waals surface area (Å²) in [6, 6.07) is 6.75. The second kappa shape index (κ2) is 5.73. The van der Waals surface area contributed by atoms with Gasteiger partial charge in [0.1, 0.15) is 11.5 Å². The van der Waals surface area contributed by atoms with Crippen molar-refractivity contribution in [3.05, 3.63) is 44.6 Å². The molecule has 0 aliphatic rings. The van der Waals surface area contributed by atoms with Crippen LogP contribution in [0.1, 0.15) is 23.4 Å². The van der Waals surface area contributed by atoms with Crippen molar-refractivity contribution in [1.82, 2.24) is 5.32 Å². The fourth-order valence-corrected chi connectivity index (χ4v) is 3.11. The summed E-state index contributed by atoms with van der Waals surface area (Å²) in [6.07, 6.45) is 0. The van der Waals surface area contributed by atoms with E-state index < -0.39 is 0 Å². The maximum Gasteiger partial charge on any atom is 0.124 e. The average Bonchev–Trinajstić information content (AvgIpc) is 2.72. The van der Waals surface area contributed by atoms with E-state index in [1.54, 1.807) is 23.5 Å². The Labute approximate surface area is 118 Å². The summed E-state index contributed by atoms with van der Waals surface area (Å²) in [5.74, 6) is 0.188. The first kappa shape index (κ1) is 13.4. The molecule has 0 saturated carbocycles. The standard InChI is InChI=1S/C13H14BrNO2S/c1-8(12-3-2-10(16)5-13(12)17)15-6-11-4-9(14)7-18-11/h2-5,7-8,15-17H,6H2,1H3. The second-order valence-electron chi connectivity index (χ2n) is 4.08. The van der Waals surface area contributed by atoms with Gasteiger partial charge in [-0.05, 0) is 35.0 Å². The van der Waals surface area contributed by atoms with Crippen LogP contribution >= 0.6 is 27.3 Å². The van der Waals surface area contributed by atoms with Crippen LogP contribution in [0.4, 0.5) is 0 Å². The molecule has 1 aromatic carbocycles. The first-order chi connectivity index (χ1) is 8.56. The van der Waals surface area contributed by atoms with Crippen molar-refractivity contribution in [2.75, 3.05) is 0 Å². The molecule has 2 aromatic rings. The summed E-state index contributed by atoms with van der Waals surface area (Å²) in [7, 11) is 0. The summed E-state index contributed by atoms with van der Waals surface area (Å²) in [6.45, 7) is 2.73. The molecule has 1 atom stereocenters. The van der Waals surface area contributed by atoms with E-state index in [9.17, 15) is 10.2 Å². The summed E-state index contributed by atoms with van der Waals surface area (Å²) < 4.78 is 1.09. The number of hydrogen-bond acceptors (Lipinski definition) is 4. The van der Waals surface area contributed by atoms with E-state index in [2.05, 4.69) is 27.3 Å². The van der Waals surface area contributed by atoms with Gasteiger partial charge in [0.2, 0.25) is 0 Å². The third kappa shape index (κ3) is 3.25. The Morgan fingerprint density at radius 1 is 1.33 bits per heavy atom. The van der Waals surface area contributed by atoms with Crippen molar-refractivity contribution in [2.24, 2.45) is 0 Å². The van der Waals surface area contributed by atoms with Crippen LogP contribution in [0, 0.1) is 0 Å². The van der Waals surface area contributed by atoms with Crippen LogP contribution in [0.3, 0.4) is 0 Å². The minimum atomic E-state index is 0.0199. The third-order valence-electron chi connectivity index (χ3n) is 2.68. The van der Waals surface area contributed by atoms with Crippen molar-refractivity contribution < 1.29 is 10.2 Å². The molecule has 5 heteroatoms. The minimum absolute atomic E-state index is 0.0199. The van der Waals surface area contributed by atoms with Gasteiger partial charge in [-0.1, -0.05) is 6.07 Å². The highest BCUT2D eigenvalue weighted by atomic mass is 79.9. The maximum absolute atomic E-state index is 9.76. The molecule has 1 unspecified atom stereocenters. The Balaban J connectivity index is 2.01. The van der Waals surface area contributed by atoms with E-state index in [1.165, 1.54) is 10.9 Å². The van der Waals surface area contributed by atoms with Gasteiger partial charge in [-0.25, -0.2) is 0 Å². The number of phenolic OH excluding ortho intramolecular Hbond substituents is 2. The van der Waals surface area contributed by atoms with Crippen LogP contribution in [0.5, 0.6) is 11.5 Å². The fourth-order valence-electron chi connectivity index (χ4n) is 1.71. The van der Waals surface area contributed by atoms with E-state index in [4.69, 9.17) is 0 Å². The number of aromatic hydroxyl groups is 2. The number of halogens is 1. The van der Waals surface area contributed by atoms with Crippen LogP contribution in [-0.4, -0.2) is 10.2 Å². The zero-order valence-corrected chi connectivity index (χ0v) is 12.3. The second-order valence-corrected chi connectivity index (χ2v) is 5.99. The van der Waals surface area contributed by atoms with Gasteiger partial charge < -0.3 is 15.5 Å². The lowest BCUT2D eigenvalue weighted by atomic mass is 10.1. The Kier molecular flexibility index (Phi) is 4.27. The molecule has 0 fully saturated rings. The molecular weight excluding hydrogens is 314 g/mol. The molecule has 3 N–H and O–H groups in total. The summed E-state index contributed by atoms with van der Waals surface area (Å²) >= 11 is 5.10. The molecule has 0 bridgehead atoms. The number of rotatable bonds is 4. The van der Waals surface area contributed by atoms with Gasteiger partial charge in [-0.15, -0.1) is 11.3 Å². The molecule has 1 aromatic heterocycles. The number of hydrogen-bond donors (Lipinski definition) is 3. The Hall–Kier alpha value is -1.04. The van der Waals surface area contributed by atoms with Gasteiger partial charge in [0.25, 0.3) is 0 Å². The van der Waals surface area contributed by atoms with Gasteiger partial charge in [0.15, 0.2) is 0 Å². The fraction of sp³-hybridized carbons (Fsp3) is 0.231. The molecule has 0 radical (unpaired) electrons. The Morgan fingerprint density at radius 2 is 2.11 bits per heavy atom. The third-order valence-corrected chi connectivity index (χ3v) is 4.38. The lowest BCUT2D eigenvalue weighted by Gasteiger charge is -2.15. The predicted octanol–water partition coefficient (Wildman–Crippen LogP) is 3.77. The van der Waals surface area contributed by atoms with Gasteiger partial charge in [0.05, 0.1) is 0 Å². The smallest absolute Gasteiger partial charge is 0.124 e. The molecule has 0 spiro atoms. The highest BCUT2D eigenvalue weighted by Crippen LogP contribution is 2.28. The number of phenols is 2. The zero-order valence-electron chi connectivity index (χ0n) is 9.85. The lowest BCUT2D eigenvalue weighted by Crippen LogP contribution is -2.17. The van der Waals surface area contributed by atoms with Gasteiger partial charge >= 0.3 is 0 Å². The van der Waals surface area contributed by atoms with E-state index in [1.807, 2.05) is 12.3 Å². The van der Waals surface area contributed by atoms with Crippen molar-refractivity contribution in [3.8, 4) is 11.5 Å². The van der Waals surface area contributed by atoms with Crippen LogP contribution in [0.25, 0.3) is 0 Å². The number of nitrogens with one attached hydrogen (secondary N) is 1. The van der Waals surface area contributed by atoms with Gasteiger partial charge in [0, 0.05) is 38.9 Å². The van der Waals surface area contributed by atoms with Crippen molar-refractivity contribution >= 4 is 27.3 Å². The van der Waals surface area contributed by atoms with E-state index in [0.717, 1.165) is 16.6 Å². The highest BCUT2D eigenvalue weighted by Gasteiger charge is 2.10. The quantitative estimate of drug-likeness (QED) is 0.801. The Morgan fingerprint density at radius 3 is 2.72 bits per heavy atom. The van der Waals surface area contributed by atoms with E-state index >= 15 is 0 Å². The molecule has 2 rings (SSSR count). The summed E-state index contributed by atoms with van der Waals surface area (Å²) in [4.78, 5) is 1.23. The van der Waals surface area contributed by atoms with Crippen LogP contribution in [0.15, 0.2) is 34.1 Å². The molecule has 96 valence electrons. The summed E-state index contributed by atoms with van der Waals surface area (Å²) in [5.41, 5.74) is 0.781. The molecule has 1 heterocycles. The minimum Gasteiger partial charge on any atom is -0.508 e. The first-order valence-electron chi connectivity index (χ1n) is 5.54. The van der Waals surface area contributed by atoms with E-state index in [0.29, 0.717) is 0 Å². The lowest BCUT2D eigenvalue weighted by molar-refractivity contribution is 0.436. The maximum atomic E-state index is 9.76. The van der Waals surface area contributed by atoms with Crippen molar-refractivity contribution in [1.29, 1.82) is 0 Å². The topological polar surface area (TPSA) is 52.5 Å². The number of thiophene rings is 1. The zero-order chi connectivity index (χ0) is 13.1. The molecule has 18 heavy (non-hydrogen) atoms. The normalized spacial score (nSPS) is 12.6.